The van der Waals surface area contributed by atoms with Gasteiger partial charge in [-0.3, -0.25) is 4.98 Å². The SMILES string of the molecule is CNc1c(C(C)C)c(C)nc2c(Br)cc(Br)c(OC)c12. The second kappa shape index (κ2) is 5.90. The quantitative estimate of drug-likeness (QED) is 0.763. The summed E-state index contributed by atoms with van der Waals surface area (Å²) in [6.45, 7) is 6.41. The van der Waals surface area contributed by atoms with E-state index in [4.69, 9.17) is 9.72 Å². The molecule has 0 fully saturated rings. The van der Waals surface area contributed by atoms with Crippen molar-refractivity contribution in [3.63, 3.8) is 0 Å². The van der Waals surface area contributed by atoms with E-state index in [0.717, 1.165) is 37.0 Å². The Morgan fingerprint density at radius 3 is 2.40 bits per heavy atom. The van der Waals surface area contributed by atoms with Crippen LogP contribution >= 0.6 is 31.9 Å². The fourth-order valence-corrected chi connectivity index (χ4v) is 4.05. The van der Waals surface area contributed by atoms with Crippen LogP contribution in [0.25, 0.3) is 10.9 Å². The lowest BCUT2D eigenvalue weighted by Gasteiger charge is -2.20. The van der Waals surface area contributed by atoms with Crippen molar-refractivity contribution < 1.29 is 4.74 Å². The topological polar surface area (TPSA) is 34.2 Å². The molecular formula is C15H18Br2N2O. The molecule has 1 N–H and O–H groups in total. The van der Waals surface area contributed by atoms with Crippen molar-refractivity contribution in [3.8, 4) is 5.75 Å². The van der Waals surface area contributed by atoms with Gasteiger partial charge >= 0.3 is 0 Å². The van der Waals surface area contributed by atoms with Crippen molar-refractivity contribution in [2.24, 2.45) is 0 Å². The summed E-state index contributed by atoms with van der Waals surface area (Å²) >= 11 is 7.16. The van der Waals surface area contributed by atoms with Gasteiger partial charge in [0, 0.05) is 17.2 Å². The van der Waals surface area contributed by atoms with Gasteiger partial charge in [0.25, 0.3) is 0 Å². The molecule has 0 aliphatic rings. The van der Waals surface area contributed by atoms with Crippen molar-refractivity contribution in [2.45, 2.75) is 26.7 Å². The van der Waals surface area contributed by atoms with E-state index in [0.29, 0.717) is 5.92 Å². The summed E-state index contributed by atoms with van der Waals surface area (Å²) in [7, 11) is 3.62. The van der Waals surface area contributed by atoms with Crippen LogP contribution in [0, 0.1) is 6.92 Å². The number of benzene rings is 1. The average molecular weight is 402 g/mol. The number of fused-ring (bicyclic) bond motifs is 1. The van der Waals surface area contributed by atoms with E-state index in [2.05, 4.69) is 57.9 Å². The maximum absolute atomic E-state index is 5.58. The number of halogens is 2. The zero-order valence-electron chi connectivity index (χ0n) is 12.3. The molecule has 1 aromatic carbocycles. The van der Waals surface area contributed by atoms with Gasteiger partial charge < -0.3 is 10.1 Å². The van der Waals surface area contributed by atoms with E-state index >= 15 is 0 Å². The standard InChI is InChI=1S/C15H18Br2N2O/c1-7(2)11-8(3)19-13-9(16)6-10(17)15(20-5)12(13)14(11)18-4/h6-7H,1-5H3,(H,18,19). The zero-order valence-corrected chi connectivity index (χ0v) is 15.4. The van der Waals surface area contributed by atoms with E-state index in [1.54, 1.807) is 7.11 Å². The maximum atomic E-state index is 5.58. The molecule has 108 valence electrons. The first-order chi connectivity index (χ1) is 9.42. The first kappa shape index (κ1) is 15.6. The van der Waals surface area contributed by atoms with Gasteiger partial charge in [0.05, 0.1) is 28.2 Å². The van der Waals surface area contributed by atoms with E-state index in [1.165, 1.54) is 5.56 Å². The van der Waals surface area contributed by atoms with E-state index in [-0.39, 0.29) is 0 Å². The second-order valence-electron chi connectivity index (χ2n) is 4.99. The van der Waals surface area contributed by atoms with Crippen molar-refractivity contribution in [1.82, 2.24) is 4.98 Å². The number of methoxy groups -OCH3 is 1. The Hall–Kier alpha value is -0.810. The molecule has 2 rings (SSSR count). The van der Waals surface area contributed by atoms with E-state index in [9.17, 15) is 0 Å². The lowest BCUT2D eigenvalue weighted by atomic mass is 9.96. The van der Waals surface area contributed by atoms with Crippen LogP contribution in [0.15, 0.2) is 15.0 Å². The summed E-state index contributed by atoms with van der Waals surface area (Å²) < 4.78 is 7.45. The predicted octanol–water partition coefficient (Wildman–Crippen LogP) is 5.24. The van der Waals surface area contributed by atoms with Crippen LogP contribution in [0.2, 0.25) is 0 Å². The minimum absolute atomic E-state index is 0.386. The summed E-state index contributed by atoms with van der Waals surface area (Å²) in [6.07, 6.45) is 0. The molecule has 0 spiro atoms. The average Bonchev–Trinajstić information content (AvgIpc) is 2.38. The Labute approximate surface area is 136 Å². The highest BCUT2D eigenvalue weighted by Crippen LogP contribution is 2.44. The minimum atomic E-state index is 0.386. The molecule has 1 aromatic heterocycles. The highest BCUT2D eigenvalue weighted by Gasteiger charge is 2.20. The zero-order chi connectivity index (χ0) is 15.0. The van der Waals surface area contributed by atoms with Crippen LogP contribution in [0.4, 0.5) is 5.69 Å². The van der Waals surface area contributed by atoms with Gasteiger partial charge in [-0.15, -0.1) is 0 Å². The normalized spacial score (nSPS) is 11.2. The van der Waals surface area contributed by atoms with Gasteiger partial charge in [-0.05, 0) is 56.3 Å². The lowest BCUT2D eigenvalue weighted by molar-refractivity contribution is 0.417. The molecule has 0 unspecified atom stereocenters. The predicted molar refractivity (Wildman–Crippen MR) is 92.1 cm³/mol. The van der Waals surface area contributed by atoms with Gasteiger partial charge in [0.2, 0.25) is 0 Å². The number of hydrogen-bond donors (Lipinski definition) is 1. The number of pyridine rings is 1. The molecule has 0 radical (unpaired) electrons. The van der Waals surface area contributed by atoms with Crippen LogP contribution in [0.1, 0.15) is 31.0 Å². The molecule has 0 saturated heterocycles. The third kappa shape index (κ3) is 2.42. The van der Waals surface area contributed by atoms with Gasteiger partial charge in [-0.1, -0.05) is 13.8 Å². The third-order valence-electron chi connectivity index (χ3n) is 3.38. The Bertz CT molecular complexity index is 669. The summed E-state index contributed by atoms with van der Waals surface area (Å²) in [5.74, 6) is 1.19. The molecule has 0 aliphatic carbocycles. The first-order valence-electron chi connectivity index (χ1n) is 6.46. The van der Waals surface area contributed by atoms with Crippen molar-refractivity contribution in [2.75, 3.05) is 19.5 Å². The summed E-state index contributed by atoms with van der Waals surface area (Å²) in [6, 6.07) is 1.97. The Kier molecular flexibility index (Phi) is 4.59. The maximum Gasteiger partial charge on any atom is 0.144 e. The largest absolute Gasteiger partial charge is 0.495 e. The summed E-state index contributed by atoms with van der Waals surface area (Å²) in [5, 5.41) is 4.33. The van der Waals surface area contributed by atoms with Crippen LogP contribution < -0.4 is 10.1 Å². The second-order valence-corrected chi connectivity index (χ2v) is 6.70. The molecule has 0 saturated carbocycles. The van der Waals surface area contributed by atoms with Crippen molar-refractivity contribution in [3.05, 3.63) is 26.3 Å². The highest BCUT2D eigenvalue weighted by atomic mass is 79.9. The number of anilines is 1. The molecule has 0 aliphatic heterocycles. The smallest absolute Gasteiger partial charge is 0.144 e. The van der Waals surface area contributed by atoms with Crippen LogP contribution in [0.5, 0.6) is 5.75 Å². The molecule has 5 heteroatoms. The third-order valence-corrected chi connectivity index (χ3v) is 4.57. The Morgan fingerprint density at radius 1 is 1.25 bits per heavy atom. The number of hydrogen-bond acceptors (Lipinski definition) is 3. The van der Waals surface area contributed by atoms with Crippen molar-refractivity contribution in [1.29, 1.82) is 0 Å². The lowest BCUT2D eigenvalue weighted by Crippen LogP contribution is -2.05. The number of nitrogens with one attached hydrogen (secondary N) is 1. The molecule has 20 heavy (non-hydrogen) atoms. The van der Waals surface area contributed by atoms with Crippen LogP contribution in [0.3, 0.4) is 0 Å². The highest BCUT2D eigenvalue weighted by molar-refractivity contribution is 9.11. The van der Waals surface area contributed by atoms with Gasteiger partial charge in [0.15, 0.2) is 0 Å². The fraction of sp³-hybridized carbons (Fsp3) is 0.400. The van der Waals surface area contributed by atoms with Gasteiger partial charge in [-0.2, -0.15) is 0 Å². The summed E-state index contributed by atoms with van der Waals surface area (Å²) in [4.78, 5) is 4.77. The molecule has 2 aromatic rings. The molecule has 0 amide bonds. The van der Waals surface area contributed by atoms with E-state index in [1.807, 2.05) is 13.1 Å². The van der Waals surface area contributed by atoms with Crippen LogP contribution in [-0.4, -0.2) is 19.1 Å². The summed E-state index contributed by atoms with van der Waals surface area (Å²) in [5.41, 5.74) is 4.27. The molecule has 1 heterocycles. The Balaban J connectivity index is 3.05. The number of ether oxygens (including phenoxy) is 1. The molecule has 0 bridgehead atoms. The van der Waals surface area contributed by atoms with Crippen LogP contribution in [-0.2, 0) is 0 Å². The van der Waals surface area contributed by atoms with Gasteiger partial charge in [0.1, 0.15) is 5.75 Å². The number of aromatic nitrogens is 1. The van der Waals surface area contributed by atoms with E-state index < -0.39 is 0 Å². The number of nitrogens with zero attached hydrogens (tertiary/aromatic N) is 1. The first-order valence-corrected chi connectivity index (χ1v) is 8.04. The van der Waals surface area contributed by atoms with Crippen molar-refractivity contribution >= 4 is 48.5 Å². The molecule has 0 atom stereocenters. The Morgan fingerprint density at radius 2 is 1.90 bits per heavy atom. The molecular weight excluding hydrogens is 384 g/mol. The monoisotopic (exact) mass is 400 g/mol. The molecule has 3 nitrogen and oxygen atoms in total. The minimum Gasteiger partial charge on any atom is -0.495 e. The number of rotatable bonds is 3. The fourth-order valence-electron chi connectivity index (χ4n) is 2.64. The number of aryl methyl sites for hydroxylation is 1. The van der Waals surface area contributed by atoms with Gasteiger partial charge in [-0.25, -0.2) is 0 Å².